The van der Waals surface area contributed by atoms with Crippen molar-refractivity contribution in [3.05, 3.63) is 52.9 Å². The van der Waals surface area contributed by atoms with Crippen molar-refractivity contribution in [3.8, 4) is 22.8 Å². The third kappa shape index (κ3) is 2.37. The van der Waals surface area contributed by atoms with Crippen LogP contribution in [-0.2, 0) is 0 Å². The monoisotopic (exact) mass is 285 g/mol. The topological polar surface area (TPSA) is 71.8 Å². The highest BCUT2D eigenvalue weighted by atomic mass is 32.2. The van der Waals surface area contributed by atoms with Gasteiger partial charge in [-0.25, -0.2) is 0 Å². The van der Waals surface area contributed by atoms with Gasteiger partial charge >= 0.3 is 0 Å². The van der Waals surface area contributed by atoms with Crippen molar-refractivity contribution in [2.45, 2.75) is 4.90 Å². The molecule has 0 amide bonds. The van der Waals surface area contributed by atoms with Gasteiger partial charge in [0.15, 0.2) is 0 Å². The van der Waals surface area contributed by atoms with E-state index in [0.29, 0.717) is 11.4 Å². The van der Waals surface area contributed by atoms with E-state index in [2.05, 4.69) is 15.1 Å². The van der Waals surface area contributed by atoms with E-state index in [0.717, 1.165) is 10.5 Å². The molecule has 1 N–H and O–H groups in total. The fourth-order valence-corrected chi connectivity index (χ4v) is 2.19. The molecular formula is C14H11N3O2S. The zero-order valence-corrected chi connectivity index (χ0v) is 11.5. The summed E-state index contributed by atoms with van der Waals surface area (Å²) in [4.78, 5) is 19.7. The summed E-state index contributed by atoms with van der Waals surface area (Å²) in [6.07, 6.45) is 3.58. The molecule has 100 valence electrons. The van der Waals surface area contributed by atoms with Gasteiger partial charge in [-0.1, -0.05) is 5.16 Å². The van der Waals surface area contributed by atoms with Crippen LogP contribution in [0.3, 0.4) is 0 Å². The number of aromatic nitrogens is 3. The highest BCUT2D eigenvalue weighted by Crippen LogP contribution is 2.22. The lowest BCUT2D eigenvalue weighted by molar-refractivity contribution is 0.432. The van der Waals surface area contributed by atoms with E-state index in [9.17, 15) is 4.79 Å². The summed E-state index contributed by atoms with van der Waals surface area (Å²) in [5, 5.41) is 3.91. The molecule has 20 heavy (non-hydrogen) atoms. The van der Waals surface area contributed by atoms with Gasteiger partial charge in [0.25, 0.3) is 11.4 Å². The van der Waals surface area contributed by atoms with Crippen LogP contribution in [0.2, 0.25) is 0 Å². The van der Waals surface area contributed by atoms with Gasteiger partial charge in [0.2, 0.25) is 5.82 Å². The number of H-pyrrole nitrogens is 1. The van der Waals surface area contributed by atoms with Crippen molar-refractivity contribution in [3.63, 3.8) is 0 Å². The van der Waals surface area contributed by atoms with Crippen LogP contribution in [0.5, 0.6) is 0 Å². The minimum atomic E-state index is -0.250. The number of nitrogens with zero attached hydrogens (tertiary/aromatic N) is 2. The number of hydrogen-bond donors (Lipinski definition) is 1. The van der Waals surface area contributed by atoms with Gasteiger partial charge in [0.05, 0.1) is 0 Å². The normalized spacial score (nSPS) is 10.7. The first kappa shape index (κ1) is 12.7. The van der Waals surface area contributed by atoms with E-state index in [4.69, 9.17) is 4.52 Å². The fraction of sp³-hybridized carbons (Fsp3) is 0.0714. The van der Waals surface area contributed by atoms with Gasteiger partial charge < -0.3 is 9.51 Å². The van der Waals surface area contributed by atoms with Crippen LogP contribution >= 0.6 is 11.8 Å². The van der Waals surface area contributed by atoms with Crippen LogP contribution in [-0.4, -0.2) is 21.4 Å². The van der Waals surface area contributed by atoms with Gasteiger partial charge in [-0.2, -0.15) is 4.98 Å². The quantitative estimate of drug-likeness (QED) is 0.749. The molecule has 0 spiro atoms. The maximum atomic E-state index is 11.7. The van der Waals surface area contributed by atoms with Gasteiger partial charge in [0.1, 0.15) is 5.56 Å². The minimum absolute atomic E-state index is 0.218. The summed E-state index contributed by atoms with van der Waals surface area (Å²) in [5.41, 5.74) is 0.970. The van der Waals surface area contributed by atoms with Crippen molar-refractivity contribution in [2.75, 3.05) is 6.26 Å². The molecule has 0 saturated heterocycles. The Balaban J connectivity index is 1.97. The summed E-state index contributed by atoms with van der Waals surface area (Å²) in [6.45, 7) is 0. The minimum Gasteiger partial charge on any atom is -0.333 e. The molecule has 0 aliphatic rings. The van der Waals surface area contributed by atoms with Crippen molar-refractivity contribution in [2.24, 2.45) is 0 Å². The predicted octanol–water partition coefficient (Wildman–Crippen LogP) is 2.81. The van der Waals surface area contributed by atoms with Crippen LogP contribution in [0.1, 0.15) is 0 Å². The predicted molar refractivity (Wildman–Crippen MR) is 77.6 cm³/mol. The lowest BCUT2D eigenvalue weighted by atomic mass is 10.2. The first-order chi connectivity index (χ1) is 9.78. The van der Waals surface area contributed by atoms with E-state index in [1.807, 2.05) is 30.5 Å². The number of nitrogens with one attached hydrogen (secondary N) is 1. The van der Waals surface area contributed by atoms with Gasteiger partial charge in [-0.05, 0) is 42.7 Å². The summed E-state index contributed by atoms with van der Waals surface area (Å²) in [6, 6.07) is 11.2. The van der Waals surface area contributed by atoms with Crippen molar-refractivity contribution < 1.29 is 4.52 Å². The lowest BCUT2D eigenvalue weighted by Crippen LogP contribution is -2.06. The van der Waals surface area contributed by atoms with E-state index < -0.39 is 0 Å². The Hall–Kier alpha value is -2.34. The third-order valence-corrected chi connectivity index (χ3v) is 3.57. The number of aromatic amines is 1. The average Bonchev–Trinajstić information content (AvgIpc) is 2.97. The second kappa shape index (κ2) is 5.34. The Morgan fingerprint density at radius 3 is 2.70 bits per heavy atom. The molecule has 3 aromatic rings. The Kier molecular flexibility index (Phi) is 3.39. The third-order valence-electron chi connectivity index (χ3n) is 2.82. The zero-order chi connectivity index (χ0) is 13.9. The van der Waals surface area contributed by atoms with Crippen LogP contribution in [0.25, 0.3) is 22.8 Å². The van der Waals surface area contributed by atoms with Crippen molar-refractivity contribution in [1.82, 2.24) is 15.1 Å². The van der Waals surface area contributed by atoms with Gasteiger partial charge in [-0.3, -0.25) is 4.79 Å². The van der Waals surface area contributed by atoms with E-state index >= 15 is 0 Å². The molecule has 0 bridgehead atoms. The van der Waals surface area contributed by atoms with Crippen LogP contribution in [0.4, 0.5) is 0 Å². The Morgan fingerprint density at radius 1 is 1.20 bits per heavy atom. The van der Waals surface area contributed by atoms with E-state index in [1.54, 1.807) is 30.1 Å². The zero-order valence-electron chi connectivity index (χ0n) is 10.7. The molecule has 0 radical (unpaired) electrons. The summed E-state index contributed by atoms with van der Waals surface area (Å²) < 4.78 is 5.16. The molecule has 5 nitrogen and oxygen atoms in total. The maximum absolute atomic E-state index is 11.7. The molecular weight excluding hydrogens is 274 g/mol. The lowest BCUT2D eigenvalue weighted by Gasteiger charge is -1.96. The molecule has 0 fully saturated rings. The molecule has 0 aliphatic heterocycles. The Bertz CT molecular complexity index is 777. The molecule has 0 aliphatic carbocycles. The highest BCUT2D eigenvalue weighted by Gasteiger charge is 2.12. The second-order valence-corrected chi connectivity index (χ2v) is 4.94. The number of rotatable bonds is 3. The fourth-order valence-electron chi connectivity index (χ4n) is 1.78. The number of benzene rings is 1. The summed E-state index contributed by atoms with van der Waals surface area (Å²) >= 11 is 1.67. The first-order valence-corrected chi connectivity index (χ1v) is 7.16. The molecule has 2 aromatic heterocycles. The van der Waals surface area contributed by atoms with Gasteiger partial charge in [-0.15, -0.1) is 11.8 Å². The second-order valence-electron chi connectivity index (χ2n) is 4.06. The molecule has 0 unspecified atom stereocenters. The van der Waals surface area contributed by atoms with E-state index in [-0.39, 0.29) is 11.4 Å². The van der Waals surface area contributed by atoms with Crippen LogP contribution < -0.4 is 5.56 Å². The van der Waals surface area contributed by atoms with Crippen LogP contribution in [0, 0.1) is 0 Å². The maximum Gasteiger partial charge on any atom is 0.263 e. The van der Waals surface area contributed by atoms with Crippen molar-refractivity contribution in [1.29, 1.82) is 0 Å². The molecule has 2 heterocycles. The Morgan fingerprint density at radius 2 is 2.00 bits per heavy atom. The van der Waals surface area contributed by atoms with Crippen LogP contribution in [0.15, 0.2) is 56.8 Å². The first-order valence-electron chi connectivity index (χ1n) is 5.94. The number of hydrogen-bond acceptors (Lipinski definition) is 5. The largest absolute Gasteiger partial charge is 0.333 e. The standard InChI is InChI=1S/C14H11N3O2S/c1-20-10-6-4-9(5-7-10)12-16-14(19-17-12)11-3-2-8-15-13(11)18/h2-8H,1H3,(H,15,18). The molecule has 3 rings (SSSR count). The van der Waals surface area contributed by atoms with Crippen molar-refractivity contribution >= 4 is 11.8 Å². The smallest absolute Gasteiger partial charge is 0.263 e. The summed E-state index contributed by atoms with van der Waals surface area (Å²) in [7, 11) is 0. The number of pyridine rings is 1. The Labute approximate surface area is 119 Å². The SMILES string of the molecule is CSc1ccc(-c2noc(-c3ccc[nH]c3=O)n2)cc1. The average molecular weight is 285 g/mol. The molecule has 0 saturated carbocycles. The molecule has 6 heteroatoms. The van der Waals surface area contributed by atoms with E-state index in [1.165, 1.54) is 0 Å². The highest BCUT2D eigenvalue weighted by molar-refractivity contribution is 7.98. The molecule has 1 aromatic carbocycles. The number of thioether (sulfide) groups is 1. The molecule has 0 atom stereocenters. The van der Waals surface area contributed by atoms with Gasteiger partial charge in [0, 0.05) is 16.7 Å². The summed E-state index contributed by atoms with van der Waals surface area (Å²) in [5.74, 6) is 0.687.